The second-order valence-electron chi connectivity index (χ2n) is 6.73. The number of carbonyl (C=O) groups excluding carboxylic acids is 1. The molecule has 0 spiro atoms. The van der Waals surface area contributed by atoms with E-state index in [4.69, 9.17) is 4.74 Å². The van der Waals surface area contributed by atoms with E-state index in [0.717, 1.165) is 11.1 Å². The van der Waals surface area contributed by atoms with E-state index in [1.165, 1.54) is 18.4 Å². The van der Waals surface area contributed by atoms with Crippen molar-refractivity contribution < 1.29 is 17.9 Å². The van der Waals surface area contributed by atoms with Crippen molar-refractivity contribution in [2.24, 2.45) is 0 Å². The highest BCUT2D eigenvalue weighted by Gasteiger charge is 2.22. The molecule has 1 atom stereocenters. The highest BCUT2D eigenvalue weighted by molar-refractivity contribution is 7.89. The lowest BCUT2D eigenvalue weighted by Crippen LogP contribution is -2.33. The number of hydrogen-bond donors (Lipinski definition) is 0. The smallest absolute Gasteiger partial charge is 0.320 e. The van der Waals surface area contributed by atoms with Gasteiger partial charge in [-0.1, -0.05) is 42.5 Å². The molecule has 0 radical (unpaired) electrons. The van der Waals surface area contributed by atoms with Crippen molar-refractivity contribution in [2.75, 3.05) is 27.2 Å². The van der Waals surface area contributed by atoms with Crippen LogP contribution in [0.3, 0.4) is 0 Å². The van der Waals surface area contributed by atoms with Crippen LogP contribution in [0.5, 0.6) is 0 Å². The van der Waals surface area contributed by atoms with E-state index in [1.807, 2.05) is 48.2 Å². The van der Waals surface area contributed by atoms with Crippen LogP contribution in [0.1, 0.15) is 31.0 Å². The molecule has 6 nitrogen and oxygen atoms in total. The Bertz CT molecular complexity index is 882. The van der Waals surface area contributed by atoms with Gasteiger partial charge in [-0.05, 0) is 37.1 Å². The largest absolute Gasteiger partial charge is 0.465 e. The van der Waals surface area contributed by atoms with Crippen molar-refractivity contribution in [3.8, 4) is 0 Å². The van der Waals surface area contributed by atoms with Crippen molar-refractivity contribution in [3.05, 3.63) is 65.7 Å². The Kier molecular flexibility index (Phi) is 7.74. The van der Waals surface area contributed by atoms with Crippen LogP contribution in [-0.4, -0.2) is 50.8 Å². The molecule has 0 aliphatic heterocycles. The molecule has 7 heteroatoms. The van der Waals surface area contributed by atoms with E-state index in [2.05, 4.69) is 0 Å². The quantitative estimate of drug-likeness (QED) is 0.601. The van der Waals surface area contributed by atoms with Crippen LogP contribution in [-0.2, 0) is 26.1 Å². The van der Waals surface area contributed by atoms with Crippen LogP contribution in [0, 0.1) is 0 Å². The fraction of sp³-hybridized carbons (Fsp3) is 0.381. The summed E-state index contributed by atoms with van der Waals surface area (Å²) in [6.07, 6.45) is 0. The lowest BCUT2D eigenvalue weighted by molar-refractivity contribution is -0.145. The Balaban J connectivity index is 2.31. The summed E-state index contributed by atoms with van der Waals surface area (Å²) in [6, 6.07) is 16.7. The molecule has 0 aliphatic rings. The molecule has 152 valence electrons. The molecule has 2 aromatic rings. The first kappa shape index (κ1) is 22.1. The lowest BCUT2D eigenvalue weighted by Gasteiger charge is -2.29. The SMILES string of the molecule is CCOC(=O)CN(Cc1cccc(S(=O)(=O)N(C)C)c1)[C@H](C)c1ccccc1. The lowest BCUT2D eigenvalue weighted by atomic mass is 10.1. The maximum atomic E-state index is 12.4. The van der Waals surface area contributed by atoms with Gasteiger partial charge in [-0.25, -0.2) is 12.7 Å². The van der Waals surface area contributed by atoms with Crippen molar-refractivity contribution in [1.82, 2.24) is 9.21 Å². The number of rotatable bonds is 9. The van der Waals surface area contributed by atoms with Crippen LogP contribution in [0.25, 0.3) is 0 Å². The van der Waals surface area contributed by atoms with Crippen LogP contribution in [0.4, 0.5) is 0 Å². The number of esters is 1. The highest BCUT2D eigenvalue weighted by Crippen LogP contribution is 2.23. The average Bonchev–Trinajstić information content (AvgIpc) is 2.68. The first-order chi connectivity index (χ1) is 13.3. The number of nitrogens with zero attached hydrogens (tertiary/aromatic N) is 2. The van der Waals surface area contributed by atoms with Gasteiger partial charge in [-0.3, -0.25) is 9.69 Å². The van der Waals surface area contributed by atoms with Gasteiger partial charge in [-0.2, -0.15) is 0 Å². The Hall–Kier alpha value is -2.22. The Morgan fingerprint density at radius 3 is 2.36 bits per heavy atom. The fourth-order valence-corrected chi connectivity index (χ4v) is 3.87. The van der Waals surface area contributed by atoms with Gasteiger partial charge in [0.15, 0.2) is 0 Å². The topological polar surface area (TPSA) is 66.9 Å². The molecule has 0 unspecified atom stereocenters. The second kappa shape index (κ2) is 9.82. The summed E-state index contributed by atoms with van der Waals surface area (Å²) >= 11 is 0. The van der Waals surface area contributed by atoms with Crippen molar-refractivity contribution in [3.63, 3.8) is 0 Å². The van der Waals surface area contributed by atoms with Crippen LogP contribution < -0.4 is 0 Å². The minimum Gasteiger partial charge on any atom is -0.465 e. The van der Waals surface area contributed by atoms with E-state index in [9.17, 15) is 13.2 Å². The van der Waals surface area contributed by atoms with Crippen molar-refractivity contribution >= 4 is 16.0 Å². The maximum Gasteiger partial charge on any atom is 0.320 e. The van der Waals surface area contributed by atoms with E-state index in [0.29, 0.717) is 13.2 Å². The first-order valence-corrected chi connectivity index (χ1v) is 10.7. The van der Waals surface area contributed by atoms with Gasteiger partial charge in [0.05, 0.1) is 18.0 Å². The summed E-state index contributed by atoms with van der Waals surface area (Å²) in [5.74, 6) is -0.303. The Morgan fingerprint density at radius 1 is 1.07 bits per heavy atom. The predicted octanol–water partition coefficient (Wildman–Crippen LogP) is 3.06. The predicted molar refractivity (Wildman–Crippen MR) is 109 cm³/mol. The Labute approximate surface area is 167 Å². The molecule has 2 aromatic carbocycles. The molecule has 2 rings (SSSR count). The summed E-state index contributed by atoms with van der Waals surface area (Å²) < 4.78 is 31.2. The third-order valence-corrected chi connectivity index (χ3v) is 6.34. The monoisotopic (exact) mass is 404 g/mol. The van der Waals surface area contributed by atoms with Crippen molar-refractivity contribution in [2.45, 2.75) is 31.3 Å². The van der Waals surface area contributed by atoms with Crippen molar-refractivity contribution in [1.29, 1.82) is 0 Å². The molecule has 0 saturated heterocycles. The van der Waals surface area contributed by atoms with E-state index >= 15 is 0 Å². The molecule has 0 fully saturated rings. The van der Waals surface area contributed by atoms with Gasteiger partial charge < -0.3 is 4.74 Å². The van der Waals surface area contributed by atoms with E-state index in [1.54, 1.807) is 25.1 Å². The number of hydrogen-bond acceptors (Lipinski definition) is 5. The van der Waals surface area contributed by atoms with E-state index in [-0.39, 0.29) is 23.5 Å². The molecule has 0 aromatic heterocycles. The molecule has 0 heterocycles. The number of sulfonamides is 1. The standard InChI is InChI=1S/C21H28N2O4S/c1-5-27-21(24)16-23(17(2)19-11-7-6-8-12-19)15-18-10-9-13-20(14-18)28(25,26)22(3)4/h6-14,17H,5,15-16H2,1-4H3/t17-/m1/s1. The molecule has 0 bridgehead atoms. The zero-order valence-corrected chi connectivity index (χ0v) is 17.6. The van der Waals surface area contributed by atoms with Gasteiger partial charge >= 0.3 is 5.97 Å². The number of benzene rings is 2. The number of ether oxygens (including phenoxy) is 1. The number of carbonyl (C=O) groups is 1. The molecular formula is C21H28N2O4S. The van der Waals surface area contributed by atoms with Crippen LogP contribution in [0.15, 0.2) is 59.5 Å². The Morgan fingerprint density at radius 2 is 1.75 bits per heavy atom. The summed E-state index contributed by atoms with van der Waals surface area (Å²) in [5.41, 5.74) is 1.89. The zero-order chi connectivity index (χ0) is 20.7. The van der Waals surface area contributed by atoms with Gasteiger partial charge in [0.1, 0.15) is 0 Å². The van der Waals surface area contributed by atoms with Gasteiger partial charge in [0, 0.05) is 26.7 Å². The molecule has 0 N–H and O–H groups in total. The minimum absolute atomic E-state index is 0.0419. The maximum absolute atomic E-state index is 12.4. The summed E-state index contributed by atoms with van der Waals surface area (Å²) in [7, 11) is -0.503. The highest BCUT2D eigenvalue weighted by atomic mass is 32.2. The summed E-state index contributed by atoms with van der Waals surface area (Å²) in [6.45, 7) is 4.66. The third kappa shape index (κ3) is 5.64. The zero-order valence-electron chi connectivity index (χ0n) is 16.8. The van der Waals surface area contributed by atoms with Crippen LogP contribution >= 0.6 is 0 Å². The normalized spacial score (nSPS) is 12.9. The first-order valence-electron chi connectivity index (χ1n) is 9.21. The molecule has 0 saturated carbocycles. The second-order valence-corrected chi connectivity index (χ2v) is 8.88. The average molecular weight is 405 g/mol. The molecular weight excluding hydrogens is 376 g/mol. The minimum atomic E-state index is -3.52. The molecule has 28 heavy (non-hydrogen) atoms. The summed E-state index contributed by atoms with van der Waals surface area (Å²) in [4.78, 5) is 14.3. The van der Waals surface area contributed by atoms with Gasteiger partial charge in [0.2, 0.25) is 10.0 Å². The summed E-state index contributed by atoms with van der Waals surface area (Å²) in [5, 5.41) is 0. The van der Waals surface area contributed by atoms with E-state index < -0.39 is 10.0 Å². The third-order valence-electron chi connectivity index (χ3n) is 4.53. The molecule has 0 amide bonds. The van der Waals surface area contributed by atoms with Crippen LogP contribution in [0.2, 0.25) is 0 Å². The molecule has 0 aliphatic carbocycles. The van der Waals surface area contributed by atoms with Gasteiger partial charge in [-0.15, -0.1) is 0 Å². The van der Waals surface area contributed by atoms with Gasteiger partial charge in [0.25, 0.3) is 0 Å². The fourth-order valence-electron chi connectivity index (χ4n) is 2.89.